The number of hydrogen-bond acceptors (Lipinski definition) is 6. The third-order valence-electron chi connectivity index (χ3n) is 4.16. The van der Waals surface area contributed by atoms with Gasteiger partial charge >= 0.3 is 0 Å². The molecule has 25 heavy (non-hydrogen) atoms. The van der Waals surface area contributed by atoms with Gasteiger partial charge in [-0.1, -0.05) is 5.16 Å². The van der Waals surface area contributed by atoms with E-state index in [1.165, 1.54) is 0 Å². The minimum atomic E-state index is -0.148. The Morgan fingerprint density at radius 2 is 1.84 bits per heavy atom. The fourth-order valence-electron chi connectivity index (χ4n) is 2.92. The summed E-state index contributed by atoms with van der Waals surface area (Å²) in [6, 6.07) is 3.53. The van der Waals surface area contributed by atoms with E-state index < -0.39 is 0 Å². The van der Waals surface area contributed by atoms with Gasteiger partial charge in [0.1, 0.15) is 11.5 Å². The zero-order chi connectivity index (χ0) is 18.0. The van der Waals surface area contributed by atoms with E-state index in [1.807, 2.05) is 24.8 Å². The van der Waals surface area contributed by atoms with E-state index in [0.29, 0.717) is 43.5 Å². The van der Waals surface area contributed by atoms with Crippen LogP contribution >= 0.6 is 0 Å². The molecule has 2 aromatic rings. The maximum absolute atomic E-state index is 12.5. The van der Waals surface area contributed by atoms with Crippen molar-refractivity contribution in [1.82, 2.24) is 15.0 Å². The van der Waals surface area contributed by atoms with Gasteiger partial charge in [0, 0.05) is 37.8 Å². The second-order valence-corrected chi connectivity index (χ2v) is 6.31. The number of aryl methyl sites for hydroxylation is 3. The number of piperazine rings is 1. The molecule has 3 heterocycles. The summed E-state index contributed by atoms with van der Waals surface area (Å²) in [5.41, 5.74) is 0.854. The highest BCUT2D eigenvalue weighted by molar-refractivity contribution is 5.93. The van der Waals surface area contributed by atoms with Gasteiger partial charge in [-0.3, -0.25) is 14.5 Å². The Morgan fingerprint density at radius 1 is 1.12 bits per heavy atom. The molecule has 0 unspecified atom stereocenters. The van der Waals surface area contributed by atoms with Crippen molar-refractivity contribution in [3.05, 3.63) is 35.0 Å². The van der Waals surface area contributed by atoms with Crippen molar-refractivity contribution in [2.75, 3.05) is 38.0 Å². The van der Waals surface area contributed by atoms with Crippen molar-refractivity contribution in [3.63, 3.8) is 0 Å². The molecule has 8 nitrogen and oxygen atoms in total. The molecule has 0 aromatic carbocycles. The molecule has 0 atom stereocenters. The molecule has 1 aliphatic rings. The number of nitrogens with zero attached hydrogens (tertiary/aromatic N) is 3. The summed E-state index contributed by atoms with van der Waals surface area (Å²) >= 11 is 0. The predicted octanol–water partition coefficient (Wildman–Crippen LogP) is 1.59. The van der Waals surface area contributed by atoms with E-state index in [9.17, 15) is 9.59 Å². The molecule has 134 valence electrons. The van der Waals surface area contributed by atoms with Crippen LogP contribution in [-0.4, -0.2) is 59.5 Å². The maximum Gasteiger partial charge on any atom is 0.289 e. The molecule has 8 heteroatoms. The second-order valence-electron chi connectivity index (χ2n) is 6.31. The SMILES string of the molecule is Cc1cc(NC(=O)CN2CCN(C(=O)c3oc(C)cc3C)CC2)no1. The van der Waals surface area contributed by atoms with Gasteiger partial charge in [0.25, 0.3) is 5.91 Å². The number of rotatable bonds is 4. The van der Waals surface area contributed by atoms with Crippen molar-refractivity contribution in [3.8, 4) is 0 Å². The lowest BCUT2D eigenvalue weighted by Gasteiger charge is -2.33. The normalized spacial score (nSPS) is 15.4. The molecule has 2 amide bonds. The van der Waals surface area contributed by atoms with E-state index in [1.54, 1.807) is 17.9 Å². The van der Waals surface area contributed by atoms with E-state index in [2.05, 4.69) is 10.5 Å². The summed E-state index contributed by atoms with van der Waals surface area (Å²) in [6.07, 6.45) is 0. The molecular weight excluding hydrogens is 324 g/mol. The monoisotopic (exact) mass is 346 g/mol. The Hall–Kier alpha value is -2.61. The number of furan rings is 1. The fraction of sp³-hybridized carbons (Fsp3) is 0.471. The Kier molecular flexibility index (Phi) is 4.89. The first kappa shape index (κ1) is 17.2. The van der Waals surface area contributed by atoms with Crippen LogP contribution in [0.1, 0.15) is 27.6 Å². The zero-order valence-corrected chi connectivity index (χ0v) is 14.7. The van der Waals surface area contributed by atoms with E-state index in [-0.39, 0.29) is 18.4 Å². The Labute approximate surface area is 145 Å². The number of aromatic nitrogens is 1. The highest BCUT2D eigenvalue weighted by Crippen LogP contribution is 2.17. The van der Waals surface area contributed by atoms with E-state index in [0.717, 1.165) is 11.3 Å². The summed E-state index contributed by atoms with van der Waals surface area (Å²) in [7, 11) is 0. The van der Waals surface area contributed by atoms with Gasteiger partial charge in [0.05, 0.1) is 6.54 Å². The third kappa shape index (κ3) is 4.08. The summed E-state index contributed by atoms with van der Waals surface area (Å²) < 4.78 is 10.4. The molecular formula is C17H22N4O4. The van der Waals surface area contributed by atoms with Gasteiger partial charge in [0.15, 0.2) is 11.6 Å². The number of carbonyl (C=O) groups is 2. The molecule has 2 aromatic heterocycles. The minimum Gasteiger partial charge on any atom is -0.456 e. The van der Waals surface area contributed by atoms with Crippen molar-refractivity contribution in [1.29, 1.82) is 0 Å². The molecule has 0 saturated carbocycles. The van der Waals surface area contributed by atoms with Crippen molar-refractivity contribution in [2.45, 2.75) is 20.8 Å². The topological polar surface area (TPSA) is 91.8 Å². The quantitative estimate of drug-likeness (QED) is 0.904. The highest BCUT2D eigenvalue weighted by atomic mass is 16.5. The first-order valence-corrected chi connectivity index (χ1v) is 8.24. The summed E-state index contributed by atoms with van der Waals surface area (Å²) in [4.78, 5) is 28.3. The smallest absolute Gasteiger partial charge is 0.289 e. The van der Waals surface area contributed by atoms with Gasteiger partial charge in [-0.15, -0.1) is 0 Å². The van der Waals surface area contributed by atoms with Gasteiger partial charge in [0.2, 0.25) is 5.91 Å². The van der Waals surface area contributed by atoms with Gasteiger partial charge in [-0.25, -0.2) is 0 Å². The summed E-state index contributed by atoms with van der Waals surface area (Å²) in [5.74, 6) is 1.97. The maximum atomic E-state index is 12.5. The highest BCUT2D eigenvalue weighted by Gasteiger charge is 2.26. The Balaban J connectivity index is 1.49. The van der Waals surface area contributed by atoms with Crippen LogP contribution in [0.15, 0.2) is 21.1 Å². The molecule has 1 saturated heterocycles. The van der Waals surface area contributed by atoms with Gasteiger partial charge in [-0.05, 0) is 26.8 Å². The molecule has 1 N–H and O–H groups in total. The number of anilines is 1. The number of carbonyl (C=O) groups excluding carboxylic acids is 2. The largest absolute Gasteiger partial charge is 0.456 e. The van der Waals surface area contributed by atoms with E-state index >= 15 is 0 Å². The van der Waals surface area contributed by atoms with Crippen LogP contribution < -0.4 is 5.32 Å². The Morgan fingerprint density at radius 3 is 2.40 bits per heavy atom. The van der Waals surface area contributed by atoms with Crippen molar-refractivity contribution < 1.29 is 18.5 Å². The van der Waals surface area contributed by atoms with Crippen LogP contribution in [0.2, 0.25) is 0 Å². The average Bonchev–Trinajstić information content (AvgIpc) is 3.12. The lowest BCUT2D eigenvalue weighted by Crippen LogP contribution is -2.50. The first-order valence-electron chi connectivity index (χ1n) is 8.24. The Bertz CT molecular complexity index is 771. The average molecular weight is 346 g/mol. The van der Waals surface area contributed by atoms with Crippen LogP contribution in [0, 0.1) is 20.8 Å². The van der Waals surface area contributed by atoms with Crippen molar-refractivity contribution >= 4 is 17.6 Å². The number of amides is 2. The lowest BCUT2D eigenvalue weighted by molar-refractivity contribution is -0.117. The molecule has 0 spiro atoms. The van der Waals surface area contributed by atoms with Crippen LogP contribution in [0.3, 0.4) is 0 Å². The standard InChI is InChI=1S/C17H22N4O4/c1-11-8-12(2)24-16(11)17(23)21-6-4-20(5-7-21)10-15(22)18-14-9-13(3)25-19-14/h8-9H,4-7,10H2,1-3H3,(H,18,19,22). The minimum absolute atomic E-state index is 0.0900. The van der Waals surface area contributed by atoms with Gasteiger partial charge in [-0.2, -0.15) is 0 Å². The molecule has 0 bridgehead atoms. The number of nitrogens with one attached hydrogen (secondary N) is 1. The second kappa shape index (κ2) is 7.10. The predicted molar refractivity (Wildman–Crippen MR) is 90.4 cm³/mol. The molecule has 0 radical (unpaired) electrons. The van der Waals surface area contributed by atoms with Crippen LogP contribution in [0.25, 0.3) is 0 Å². The summed E-state index contributed by atoms with van der Waals surface area (Å²) in [6.45, 7) is 8.12. The first-order chi connectivity index (χ1) is 11.9. The molecule has 1 aliphatic heterocycles. The summed E-state index contributed by atoms with van der Waals surface area (Å²) in [5, 5.41) is 6.44. The van der Waals surface area contributed by atoms with Gasteiger partial charge < -0.3 is 19.2 Å². The molecule has 0 aliphatic carbocycles. The third-order valence-corrected chi connectivity index (χ3v) is 4.16. The fourth-order valence-corrected chi connectivity index (χ4v) is 2.92. The zero-order valence-electron chi connectivity index (χ0n) is 14.7. The van der Waals surface area contributed by atoms with E-state index in [4.69, 9.17) is 8.94 Å². The van der Waals surface area contributed by atoms with Crippen LogP contribution in [0.4, 0.5) is 5.82 Å². The molecule has 1 fully saturated rings. The van der Waals surface area contributed by atoms with Crippen LogP contribution in [-0.2, 0) is 4.79 Å². The lowest BCUT2D eigenvalue weighted by atomic mass is 10.2. The van der Waals surface area contributed by atoms with Crippen molar-refractivity contribution in [2.24, 2.45) is 0 Å². The van der Waals surface area contributed by atoms with Crippen LogP contribution in [0.5, 0.6) is 0 Å². The number of hydrogen-bond donors (Lipinski definition) is 1. The molecule has 3 rings (SSSR count).